The van der Waals surface area contributed by atoms with Crippen LogP contribution in [-0.2, 0) is 7.05 Å². The number of carbonyl (C=O) groups is 1. The Morgan fingerprint density at radius 1 is 1.11 bits per heavy atom. The highest BCUT2D eigenvalue weighted by atomic mass is 16.1. The van der Waals surface area contributed by atoms with Crippen LogP contribution < -0.4 is 5.32 Å². The van der Waals surface area contributed by atoms with Crippen LogP contribution in [0.2, 0.25) is 0 Å². The number of aryl methyl sites for hydroxylation is 1. The van der Waals surface area contributed by atoms with E-state index in [0.29, 0.717) is 11.2 Å². The van der Waals surface area contributed by atoms with Crippen molar-refractivity contribution in [3.63, 3.8) is 0 Å². The Bertz CT molecular complexity index is 1110. The number of carbonyl (C=O) groups excluding carboxylic acids is 1. The van der Waals surface area contributed by atoms with Crippen LogP contribution in [0, 0.1) is 6.92 Å². The molecule has 4 rings (SSSR count). The van der Waals surface area contributed by atoms with E-state index in [4.69, 9.17) is 0 Å². The van der Waals surface area contributed by atoms with E-state index in [1.807, 2.05) is 57.3 Å². The summed E-state index contributed by atoms with van der Waals surface area (Å²) < 4.78 is 3.49. The standard InChI is InChI=1S/C20H20N6O/c1-13(16-11-22-25(3)14(16)2)24-20(27)17-12-23-26-18(9-10-21-19(17)26)15-7-5-4-6-8-15/h4-13H,1-3H3,(H,24,27)/t13-/m0/s1. The Labute approximate surface area is 156 Å². The van der Waals surface area contributed by atoms with E-state index in [9.17, 15) is 4.79 Å². The van der Waals surface area contributed by atoms with Gasteiger partial charge in [0.2, 0.25) is 0 Å². The SMILES string of the molecule is Cc1c([C@H](C)NC(=O)c2cnn3c(-c4ccccc4)ccnc23)cnn1C. The summed E-state index contributed by atoms with van der Waals surface area (Å²) in [6, 6.07) is 11.6. The van der Waals surface area contributed by atoms with Crippen LogP contribution in [0.5, 0.6) is 0 Å². The van der Waals surface area contributed by atoms with Gasteiger partial charge in [-0.2, -0.15) is 10.2 Å². The smallest absolute Gasteiger partial charge is 0.257 e. The van der Waals surface area contributed by atoms with E-state index in [-0.39, 0.29) is 11.9 Å². The van der Waals surface area contributed by atoms with Crippen LogP contribution in [0.4, 0.5) is 0 Å². The average Bonchev–Trinajstić information content (AvgIpc) is 3.26. The first-order valence-corrected chi connectivity index (χ1v) is 8.74. The van der Waals surface area contributed by atoms with Crippen molar-refractivity contribution < 1.29 is 4.79 Å². The third kappa shape index (κ3) is 2.97. The molecule has 1 N–H and O–H groups in total. The molecule has 0 aliphatic carbocycles. The molecule has 0 fully saturated rings. The average molecular weight is 360 g/mol. The maximum Gasteiger partial charge on any atom is 0.257 e. The van der Waals surface area contributed by atoms with E-state index in [1.165, 1.54) is 0 Å². The molecule has 0 aliphatic rings. The Kier molecular flexibility index (Phi) is 4.19. The highest BCUT2D eigenvalue weighted by Crippen LogP contribution is 2.21. The van der Waals surface area contributed by atoms with Crippen LogP contribution in [0.1, 0.15) is 34.6 Å². The van der Waals surface area contributed by atoms with Gasteiger partial charge >= 0.3 is 0 Å². The van der Waals surface area contributed by atoms with Crippen molar-refractivity contribution in [1.29, 1.82) is 0 Å². The van der Waals surface area contributed by atoms with Crippen molar-refractivity contribution in [3.8, 4) is 11.3 Å². The molecule has 3 heterocycles. The number of hydrogen-bond acceptors (Lipinski definition) is 4. The van der Waals surface area contributed by atoms with Crippen LogP contribution in [-0.4, -0.2) is 30.3 Å². The van der Waals surface area contributed by atoms with Gasteiger partial charge in [0.25, 0.3) is 5.91 Å². The van der Waals surface area contributed by atoms with Gasteiger partial charge in [0, 0.05) is 30.1 Å². The monoisotopic (exact) mass is 360 g/mol. The lowest BCUT2D eigenvalue weighted by molar-refractivity contribution is 0.0941. The Morgan fingerprint density at radius 3 is 2.59 bits per heavy atom. The number of aromatic nitrogens is 5. The molecule has 4 aromatic rings. The minimum atomic E-state index is -0.210. The first kappa shape index (κ1) is 17.0. The second kappa shape index (κ2) is 6.68. The van der Waals surface area contributed by atoms with E-state index in [1.54, 1.807) is 27.8 Å². The lowest BCUT2D eigenvalue weighted by Crippen LogP contribution is -2.27. The Morgan fingerprint density at radius 2 is 1.89 bits per heavy atom. The zero-order valence-corrected chi connectivity index (χ0v) is 15.4. The molecule has 0 spiro atoms. The Balaban J connectivity index is 1.66. The lowest BCUT2D eigenvalue weighted by Gasteiger charge is -2.13. The maximum atomic E-state index is 12.8. The van der Waals surface area contributed by atoms with Crippen LogP contribution in [0.15, 0.2) is 55.0 Å². The van der Waals surface area contributed by atoms with Crippen molar-refractivity contribution >= 4 is 11.6 Å². The molecule has 0 bridgehead atoms. The molecule has 1 aromatic carbocycles. The number of amides is 1. The second-order valence-corrected chi connectivity index (χ2v) is 6.49. The number of nitrogens with one attached hydrogen (secondary N) is 1. The van der Waals surface area contributed by atoms with E-state index in [0.717, 1.165) is 22.5 Å². The molecular formula is C20H20N6O. The van der Waals surface area contributed by atoms with Crippen molar-refractivity contribution in [1.82, 2.24) is 29.7 Å². The summed E-state index contributed by atoms with van der Waals surface area (Å²) in [4.78, 5) is 17.2. The van der Waals surface area contributed by atoms with Gasteiger partial charge in [-0.25, -0.2) is 9.50 Å². The molecule has 0 aliphatic heterocycles. The molecule has 1 atom stereocenters. The van der Waals surface area contributed by atoms with Gasteiger partial charge in [0.1, 0.15) is 5.56 Å². The third-order valence-corrected chi connectivity index (χ3v) is 4.80. The fraction of sp³-hybridized carbons (Fsp3) is 0.200. The number of benzene rings is 1. The maximum absolute atomic E-state index is 12.8. The molecule has 0 saturated carbocycles. The molecule has 1 amide bonds. The van der Waals surface area contributed by atoms with Crippen LogP contribution >= 0.6 is 0 Å². The van der Waals surface area contributed by atoms with Gasteiger partial charge in [0.05, 0.1) is 24.1 Å². The largest absolute Gasteiger partial charge is 0.345 e. The first-order chi connectivity index (χ1) is 13.1. The van der Waals surface area contributed by atoms with E-state index >= 15 is 0 Å². The highest BCUT2D eigenvalue weighted by molar-refractivity contribution is 6.00. The molecule has 7 nitrogen and oxygen atoms in total. The highest BCUT2D eigenvalue weighted by Gasteiger charge is 2.20. The van der Waals surface area contributed by atoms with Gasteiger partial charge in [-0.3, -0.25) is 9.48 Å². The van der Waals surface area contributed by atoms with Gasteiger partial charge < -0.3 is 5.32 Å². The van der Waals surface area contributed by atoms with E-state index < -0.39 is 0 Å². The fourth-order valence-corrected chi connectivity index (χ4v) is 3.17. The van der Waals surface area contributed by atoms with Gasteiger partial charge in [-0.1, -0.05) is 30.3 Å². The van der Waals surface area contributed by atoms with Gasteiger partial charge in [-0.15, -0.1) is 0 Å². The lowest BCUT2D eigenvalue weighted by atomic mass is 10.1. The van der Waals surface area contributed by atoms with Crippen LogP contribution in [0.25, 0.3) is 16.9 Å². The zero-order valence-electron chi connectivity index (χ0n) is 15.4. The van der Waals surface area contributed by atoms with Crippen molar-refractivity contribution in [2.24, 2.45) is 7.05 Å². The third-order valence-electron chi connectivity index (χ3n) is 4.80. The summed E-state index contributed by atoms with van der Waals surface area (Å²) in [6.07, 6.45) is 5.04. The van der Waals surface area contributed by atoms with Crippen molar-refractivity contribution in [2.45, 2.75) is 19.9 Å². The summed E-state index contributed by atoms with van der Waals surface area (Å²) >= 11 is 0. The topological polar surface area (TPSA) is 77.1 Å². The number of hydrogen-bond donors (Lipinski definition) is 1. The number of nitrogens with zero attached hydrogens (tertiary/aromatic N) is 5. The predicted octanol–water partition coefficient (Wildman–Crippen LogP) is 2.93. The molecule has 3 aromatic heterocycles. The van der Waals surface area contributed by atoms with E-state index in [2.05, 4.69) is 20.5 Å². The predicted molar refractivity (Wildman–Crippen MR) is 102 cm³/mol. The van der Waals surface area contributed by atoms with Gasteiger partial charge in [0.15, 0.2) is 5.65 Å². The normalized spacial score (nSPS) is 12.3. The zero-order chi connectivity index (χ0) is 19.0. The summed E-state index contributed by atoms with van der Waals surface area (Å²) in [7, 11) is 1.88. The quantitative estimate of drug-likeness (QED) is 0.607. The molecular weight excluding hydrogens is 340 g/mol. The molecule has 136 valence electrons. The molecule has 0 radical (unpaired) electrons. The minimum absolute atomic E-state index is 0.168. The summed E-state index contributed by atoms with van der Waals surface area (Å²) in [5.74, 6) is -0.210. The Hall–Kier alpha value is -3.48. The second-order valence-electron chi connectivity index (χ2n) is 6.49. The molecule has 7 heteroatoms. The molecule has 0 saturated heterocycles. The molecule has 0 unspecified atom stereocenters. The van der Waals surface area contributed by atoms with Gasteiger partial charge in [-0.05, 0) is 19.9 Å². The summed E-state index contributed by atoms with van der Waals surface area (Å²) in [5, 5.41) is 11.7. The number of rotatable bonds is 4. The first-order valence-electron chi connectivity index (χ1n) is 8.74. The van der Waals surface area contributed by atoms with Crippen LogP contribution in [0.3, 0.4) is 0 Å². The number of fused-ring (bicyclic) bond motifs is 1. The minimum Gasteiger partial charge on any atom is -0.345 e. The summed E-state index contributed by atoms with van der Waals surface area (Å²) in [5.41, 5.74) is 4.88. The fourth-order valence-electron chi connectivity index (χ4n) is 3.17. The molecule has 27 heavy (non-hydrogen) atoms. The summed E-state index contributed by atoms with van der Waals surface area (Å²) in [6.45, 7) is 3.92. The van der Waals surface area contributed by atoms with Crippen molar-refractivity contribution in [2.75, 3.05) is 0 Å². The van der Waals surface area contributed by atoms with Crippen molar-refractivity contribution in [3.05, 3.63) is 71.8 Å².